The molecule has 0 spiro atoms. The van der Waals surface area contributed by atoms with Crippen molar-refractivity contribution in [1.29, 1.82) is 0 Å². The standard InChI is InChI=1S/C12H18N2S/c1-7(13)12-14-11(6-15-12)10-5-8-2-3-9(10)4-8/h6-10H,2-5,13H2,1H3. The molecule has 0 amide bonds. The number of fused-ring (bicyclic) bond motifs is 2. The van der Waals surface area contributed by atoms with Crippen LogP contribution >= 0.6 is 11.3 Å². The molecule has 2 N–H and O–H groups in total. The number of rotatable bonds is 2. The summed E-state index contributed by atoms with van der Waals surface area (Å²) in [5.41, 5.74) is 7.18. The van der Waals surface area contributed by atoms with Crippen LogP contribution in [0.2, 0.25) is 0 Å². The number of aromatic nitrogens is 1. The highest BCUT2D eigenvalue weighted by molar-refractivity contribution is 7.09. The van der Waals surface area contributed by atoms with E-state index in [1.807, 2.05) is 6.92 Å². The summed E-state index contributed by atoms with van der Waals surface area (Å²) < 4.78 is 0. The van der Waals surface area contributed by atoms with Gasteiger partial charge in [-0.25, -0.2) is 4.98 Å². The third-order valence-electron chi connectivity index (χ3n) is 4.05. The van der Waals surface area contributed by atoms with E-state index < -0.39 is 0 Å². The Morgan fingerprint density at radius 1 is 1.47 bits per heavy atom. The average Bonchev–Trinajstić information content (AvgIpc) is 2.93. The predicted octanol–water partition coefficient (Wildman–Crippen LogP) is 3.07. The summed E-state index contributed by atoms with van der Waals surface area (Å²) in [4.78, 5) is 4.70. The van der Waals surface area contributed by atoms with Crippen molar-refractivity contribution < 1.29 is 0 Å². The monoisotopic (exact) mass is 222 g/mol. The first kappa shape index (κ1) is 9.79. The highest BCUT2D eigenvalue weighted by Gasteiger charge is 2.41. The fraction of sp³-hybridized carbons (Fsp3) is 0.750. The maximum Gasteiger partial charge on any atom is 0.109 e. The third kappa shape index (κ3) is 1.62. The maximum absolute atomic E-state index is 5.85. The third-order valence-corrected chi connectivity index (χ3v) is 5.11. The second-order valence-corrected chi connectivity index (χ2v) is 6.07. The molecule has 3 heteroatoms. The maximum atomic E-state index is 5.85. The molecular weight excluding hydrogens is 204 g/mol. The SMILES string of the molecule is CC(N)c1nc(C2CC3CCC2C3)cs1. The second-order valence-electron chi connectivity index (χ2n) is 5.18. The quantitative estimate of drug-likeness (QED) is 0.835. The fourth-order valence-corrected chi connectivity index (χ4v) is 4.13. The minimum absolute atomic E-state index is 0.0994. The van der Waals surface area contributed by atoms with Gasteiger partial charge in [0.05, 0.1) is 11.7 Å². The van der Waals surface area contributed by atoms with Crippen molar-refractivity contribution >= 4 is 11.3 Å². The Morgan fingerprint density at radius 2 is 2.33 bits per heavy atom. The molecule has 2 bridgehead atoms. The molecule has 1 aromatic rings. The number of hydrogen-bond donors (Lipinski definition) is 1. The first-order chi connectivity index (χ1) is 7.24. The molecular formula is C12H18N2S. The van der Waals surface area contributed by atoms with Gasteiger partial charge >= 0.3 is 0 Å². The van der Waals surface area contributed by atoms with E-state index in [1.165, 1.54) is 31.4 Å². The Hall–Kier alpha value is -0.410. The molecule has 3 rings (SSSR count). The van der Waals surface area contributed by atoms with E-state index >= 15 is 0 Å². The van der Waals surface area contributed by atoms with Crippen LogP contribution < -0.4 is 5.73 Å². The van der Waals surface area contributed by atoms with Crippen LogP contribution in [0.5, 0.6) is 0 Å². The van der Waals surface area contributed by atoms with Crippen LogP contribution in [0, 0.1) is 11.8 Å². The normalized spacial score (nSPS) is 36.0. The number of nitrogens with zero attached hydrogens (tertiary/aromatic N) is 1. The van der Waals surface area contributed by atoms with Crippen molar-refractivity contribution in [3.63, 3.8) is 0 Å². The van der Waals surface area contributed by atoms with E-state index in [9.17, 15) is 0 Å². The fourth-order valence-electron chi connectivity index (χ4n) is 3.29. The molecule has 4 unspecified atom stereocenters. The Labute approximate surface area is 94.9 Å². The molecule has 0 saturated heterocycles. The van der Waals surface area contributed by atoms with Crippen molar-refractivity contribution in [2.45, 2.75) is 44.6 Å². The Balaban J connectivity index is 1.81. The number of thiazole rings is 1. The van der Waals surface area contributed by atoms with Crippen molar-refractivity contribution in [2.75, 3.05) is 0 Å². The largest absolute Gasteiger partial charge is 0.322 e. The first-order valence-corrected chi connectivity index (χ1v) is 6.83. The van der Waals surface area contributed by atoms with E-state index in [-0.39, 0.29) is 6.04 Å². The van der Waals surface area contributed by atoms with Crippen LogP contribution in [0.25, 0.3) is 0 Å². The Morgan fingerprint density at radius 3 is 2.87 bits per heavy atom. The van der Waals surface area contributed by atoms with Crippen LogP contribution in [0.4, 0.5) is 0 Å². The van der Waals surface area contributed by atoms with Gasteiger partial charge in [0.25, 0.3) is 0 Å². The average molecular weight is 222 g/mol. The van der Waals surface area contributed by atoms with Crippen LogP contribution in [0.1, 0.15) is 55.3 Å². The molecule has 2 aliphatic rings. The molecule has 15 heavy (non-hydrogen) atoms. The molecule has 1 aromatic heterocycles. The zero-order valence-corrected chi connectivity index (χ0v) is 9.96. The van der Waals surface area contributed by atoms with Gasteiger partial charge in [0.2, 0.25) is 0 Å². The van der Waals surface area contributed by atoms with Gasteiger partial charge in [0.1, 0.15) is 5.01 Å². The van der Waals surface area contributed by atoms with Crippen LogP contribution in [0.3, 0.4) is 0 Å². The van der Waals surface area contributed by atoms with E-state index in [0.29, 0.717) is 0 Å². The molecule has 82 valence electrons. The van der Waals surface area contributed by atoms with Gasteiger partial charge in [-0.05, 0) is 38.0 Å². The Bertz CT molecular complexity index is 358. The molecule has 0 radical (unpaired) electrons. The first-order valence-electron chi connectivity index (χ1n) is 5.95. The van der Waals surface area contributed by atoms with Crippen LogP contribution in [0.15, 0.2) is 5.38 Å². The topological polar surface area (TPSA) is 38.9 Å². The van der Waals surface area contributed by atoms with E-state index in [0.717, 1.165) is 22.8 Å². The lowest BCUT2D eigenvalue weighted by Gasteiger charge is -2.19. The zero-order valence-electron chi connectivity index (χ0n) is 9.15. The molecule has 0 aromatic carbocycles. The number of nitrogens with two attached hydrogens (primary N) is 1. The summed E-state index contributed by atoms with van der Waals surface area (Å²) in [5.74, 6) is 2.69. The minimum Gasteiger partial charge on any atom is -0.322 e. The van der Waals surface area contributed by atoms with E-state index in [1.54, 1.807) is 11.3 Å². The highest BCUT2D eigenvalue weighted by atomic mass is 32.1. The summed E-state index contributed by atoms with van der Waals surface area (Å²) in [7, 11) is 0. The minimum atomic E-state index is 0.0994. The van der Waals surface area contributed by atoms with E-state index in [2.05, 4.69) is 5.38 Å². The summed E-state index contributed by atoms with van der Waals surface area (Å²) >= 11 is 1.74. The molecule has 4 atom stereocenters. The summed E-state index contributed by atoms with van der Waals surface area (Å²) in [6, 6.07) is 0.0994. The lowest BCUT2D eigenvalue weighted by molar-refractivity contribution is 0.413. The van der Waals surface area contributed by atoms with Gasteiger partial charge < -0.3 is 5.73 Å². The lowest BCUT2D eigenvalue weighted by atomic mass is 9.87. The lowest BCUT2D eigenvalue weighted by Crippen LogP contribution is -2.10. The molecule has 2 aliphatic carbocycles. The summed E-state index contributed by atoms with van der Waals surface area (Å²) in [6.07, 6.45) is 5.73. The molecule has 2 saturated carbocycles. The van der Waals surface area contributed by atoms with E-state index in [4.69, 9.17) is 10.7 Å². The number of hydrogen-bond acceptors (Lipinski definition) is 3. The van der Waals surface area contributed by atoms with Crippen LogP contribution in [-0.2, 0) is 0 Å². The predicted molar refractivity (Wildman–Crippen MR) is 62.9 cm³/mol. The van der Waals surface area contributed by atoms with Crippen molar-refractivity contribution in [2.24, 2.45) is 17.6 Å². The van der Waals surface area contributed by atoms with Gasteiger partial charge in [0.15, 0.2) is 0 Å². The molecule has 2 nitrogen and oxygen atoms in total. The highest BCUT2D eigenvalue weighted by Crippen LogP contribution is 2.52. The molecule has 2 fully saturated rings. The molecule has 0 aliphatic heterocycles. The van der Waals surface area contributed by atoms with Crippen molar-refractivity contribution in [3.05, 3.63) is 16.1 Å². The second kappa shape index (κ2) is 3.56. The Kier molecular flexibility index (Phi) is 2.33. The summed E-state index contributed by atoms with van der Waals surface area (Å²) in [6.45, 7) is 2.02. The van der Waals surface area contributed by atoms with Gasteiger partial charge in [-0.15, -0.1) is 11.3 Å². The smallest absolute Gasteiger partial charge is 0.109 e. The van der Waals surface area contributed by atoms with Crippen molar-refractivity contribution in [1.82, 2.24) is 4.98 Å². The van der Waals surface area contributed by atoms with Crippen LogP contribution in [-0.4, -0.2) is 4.98 Å². The summed E-state index contributed by atoms with van der Waals surface area (Å²) in [5, 5.41) is 3.34. The van der Waals surface area contributed by atoms with Gasteiger partial charge in [0, 0.05) is 11.3 Å². The zero-order chi connectivity index (χ0) is 10.4. The molecule has 1 heterocycles. The van der Waals surface area contributed by atoms with Gasteiger partial charge in [-0.2, -0.15) is 0 Å². The van der Waals surface area contributed by atoms with Gasteiger partial charge in [-0.1, -0.05) is 6.42 Å². The van der Waals surface area contributed by atoms with Gasteiger partial charge in [-0.3, -0.25) is 0 Å². The van der Waals surface area contributed by atoms with Crippen molar-refractivity contribution in [3.8, 4) is 0 Å².